The summed E-state index contributed by atoms with van der Waals surface area (Å²) in [4.78, 5) is -0.0851. The quantitative estimate of drug-likeness (QED) is 0.601. The van der Waals surface area contributed by atoms with Crippen molar-refractivity contribution >= 4 is 10.0 Å². The van der Waals surface area contributed by atoms with Gasteiger partial charge in [0.2, 0.25) is 10.0 Å². The molecule has 0 aliphatic rings. The zero-order valence-corrected chi connectivity index (χ0v) is 12.3. The van der Waals surface area contributed by atoms with Crippen molar-refractivity contribution in [3.8, 4) is 5.75 Å². The molecule has 1 atom stereocenters. The van der Waals surface area contributed by atoms with E-state index in [1.807, 2.05) is 0 Å². The molecule has 0 radical (unpaired) electrons. The predicted octanol–water partition coefficient (Wildman–Crippen LogP) is 0.616. The van der Waals surface area contributed by atoms with Gasteiger partial charge in [0.25, 0.3) is 0 Å². The molecule has 0 spiro atoms. The molecule has 0 aliphatic heterocycles. The van der Waals surface area contributed by atoms with Gasteiger partial charge < -0.3 is 15.2 Å². The summed E-state index contributed by atoms with van der Waals surface area (Å²) in [6.45, 7) is -0.707. The van der Waals surface area contributed by atoms with E-state index in [9.17, 15) is 21.6 Å². The maximum absolute atomic E-state index is 12.5. The van der Waals surface area contributed by atoms with Crippen LogP contribution in [0.1, 0.15) is 6.42 Å². The number of benzene rings is 1. The molecule has 10 heteroatoms. The minimum Gasteiger partial charge on any atom is -0.492 e. The standard InChI is InChI=1S/C12H17F3N2O4S/c13-12(14,15)11(5-7-18)17-6-8-21-9-1-3-10(4-2-9)22(16,19)20/h1-4,11,17-18H,5-8H2,(H2,16,19,20)/t11-/m0/s1. The second kappa shape index (κ2) is 7.77. The maximum atomic E-state index is 12.5. The molecule has 0 saturated heterocycles. The van der Waals surface area contributed by atoms with Crippen LogP contribution in [0.4, 0.5) is 13.2 Å². The van der Waals surface area contributed by atoms with Gasteiger partial charge in [-0.2, -0.15) is 13.2 Å². The number of nitrogens with one attached hydrogen (secondary N) is 1. The van der Waals surface area contributed by atoms with Crippen LogP contribution < -0.4 is 15.2 Å². The summed E-state index contributed by atoms with van der Waals surface area (Å²) in [6, 6.07) is 3.39. The summed E-state index contributed by atoms with van der Waals surface area (Å²) in [5.41, 5.74) is 0. The number of rotatable bonds is 8. The Hall–Kier alpha value is -1.36. The third-order valence-corrected chi connectivity index (χ3v) is 3.66. The lowest BCUT2D eigenvalue weighted by Crippen LogP contribution is -2.44. The normalized spacial score (nSPS) is 13.9. The fourth-order valence-electron chi connectivity index (χ4n) is 1.64. The van der Waals surface area contributed by atoms with Gasteiger partial charge in [-0.15, -0.1) is 0 Å². The Balaban J connectivity index is 2.44. The van der Waals surface area contributed by atoms with Crippen LogP contribution in [0.5, 0.6) is 5.75 Å². The fraction of sp³-hybridized carbons (Fsp3) is 0.500. The average Bonchev–Trinajstić information content (AvgIpc) is 2.40. The first kappa shape index (κ1) is 18.7. The molecule has 0 aliphatic carbocycles. The van der Waals surface area contributed by atoms with Crippen molar-refractivity contribution < 1.29 is 31.4 Å². The van der Waals surface area contributed by atoms with Crippen molar-refractivity contribution in [2.75, 3.05) is 19.8 Å². The van der Waals surface area contributed by atoms with Crippen LogP contribution in [0.2, 0.25) is 0 Å². The van der Waals surface area contributed by atoms with E-state index in [4.69, 9.17) is 15.0 Å². The first-order valence-electron chi connectivity index (χ1n) is 6.31. The highest BCUT2D eigenvalue weighted by molar-refractivity contribution is 7.89. The molecule has 4 N–H and O–H groups in total. The molecule has 126 valence electrons. The zero-order chi connectivity index (χ0) is 16.8. The number of ether oxygens (including phenoxy) is 1. The second-order valence-electron chi connectivity index (χ2n) is 4.43. The van der Waals surface area contributed by atoms with Gasteiger partial charge in [0.05, 0.1) is 4.90 Å². The molecule has 0 aromatic heterocycles. The largest absolute Gasteiger partial charge is 0.492 e. The van der Waals surface area contributed by atoms with Crippen molar-refractivity contribution in [1.29, 1.82) is 0 Å². The van der Waals surface area contributed by atoms with Crippen LogP contribution in [0.25, 0.3) is 0 Å². The number of aliphatic hydroxyl groups is 1. The minimum absolute atomic E-state index is 0.0489. The molecule has 22 heavy (non-hydrogen) atoms. The van der Waals surface area contributed by atoms with Gasteiger partial charge >= 0.3 is 6.18 Å². The fourth-order valence-corrected chi connectivity index (χ4v) is 2.15. The Morgan fingerprint density at radius 2 is 1.86 bits per heavy atom. The number of sulfonamides is 1. The number of alkyl halides is 3. The van der Waals surface area contributed by atoms with Crippen LogP contribution in [0, 0.1) is 0 Å². The maximum Gasteiger partial charge on any atom is 0.403 e. The third kappa shape index (κ3) is 6.18. The number of halogens is 3. The predicted molar refractivity (Wildman–Crippen MR) is 72.9 cm³/mol. The van der Waals surface area contributed by atoms with Crippen LogP contribution >= 0.6 is 0 Å². The molecule has 0 fully saturated rings. The van der Waals surface area contributed by atoms with Crippen LogP contribution in [0.15, 0.2) is 29.2 Å². The highest BCUT2D eigenvalue weighted by Gasteiger charge is 2.38. The lowest BCUT2D eigenvalue weighted by molar-refractivity contribution is -0.159. The van der Waals surface area contributed by atoms with E-state index in [1.165, 1.54) is 24.3 Å². The Labute approximate surface area is 126 Å². The smallest absolute Gasteiger partial charge is 0.403 e. The molecule has 0 heterocycles. The summed E-state index contributed by atoms with van der Waals surface area (Å²) in [7, 11) is -3.80. The van der Waals surface area contributed by atoms with Gasteiger partial charge in [-0.05, 0) is 30.7 Å². The van der Waals surface area contributed by atoms with Crippen molar-refractivity contribution in [2.45, 2.75) is 23.5 Å². The molecule has 0 saturated carbocycles. The summed E-state index contributed by atoms with van der Waals surface area (Å²) in [5.74, 6) is 0.305. The second-order valence-corrected chi connectivity index (χ2v) is 5.99. The SMILES string of the molecule is NS(=O)(=O)c1ccc(OCCN[C@@H](CCO)C(F)(F)F)cc1. The van der Waals surface area contributed by atoms with Gasteiger partial charge in [0.15, 0.2) is 0 Å². The van der Waals surface area contributed by atoms with Gasteiger partial charge in [-0.1, -0.05) is 0 Å². The summed E-state index contributed by atoms with van der Waals surface area (Å²) < 4.78 is 64.8. The van der Waals surface area contributed by atoms with Crippen molar-refractivity contribution in [3.63, 3.8) is 0 Å². The Kier molecular flexibility index (Phi) is 6.60. The molecule has 0 unspecified atom stereocenters. The number of nitrogens with two attached hydrogens (primary N) is 1. The topological polar surface area (TPSA) is 102 Å². The Morgan fingerprint density at radius 3 is 2.32 bits per heavy atom. The van der Waals surface area contributed by atoms with E-state index in [0.29, 0.717) is 5.75 Å². The van der Waals surface area contributed by atoms with Crippen LogP contribution in [0.3, 0.4) is 0 Å². The lowest BCUT2D eigenvalue weighted by Gasteiger charge is -2.20. The molecule has 1 aromatic carbocycles. The third-order valence-electron chi connectivity index (χ3n) is 2.73. The molecule has 1 rings (SSSR count). The van der Waals surface area contributed by atoms with Crippen molar-refractivity contribution in [3.05, 3.63) is 24.3 Å². The van der Waals surface area contributed by atoms with E-state index in [2.05, 4.69) is 5.32 Å². The Bertz CT molecular complexity index is 561. The Morgan fingerprint density at radius 1 is 1.27 bits per heavy atom. The summed E-state index contributed by atoms with van der Waals surface area (Å²) in [5, 5.41) is 15.8. The zero-order valence-electron chi connectivity index (χ0n) is 11.5. The summed E-state index contributed by atoms with van der Waals surface area (Å²) >= 11 is 0. The van der Waals surface area contributed by atoms with Crippen molar-refractivity contribution in [1.82, 2.24) is 5.32 Å². The molecule has 1 aromatic rings. The molecule has 0 bridgehead atoms. The number of hydrogen-bond donors (Lipinski definition) is 3. The summed E-state index contributed by atoms with van der Waals surface area (Å²) in [6.07, 6.45) is -4.88. The number of primary sulfonamides is 1. The monoisotopic (exact) mass is 342 g/mol. The van der Waals surface area contributed by atoms with Gasteiger partial charge in [0.1, 0.15) is 18.4 Å². The molecular weight excluding hydrogens is 325 g/mol. The van der Waals surface area contributed by atoms with Crippen molar-refractivity contribution in [2.24, 2.45) is 5.14 Å². The van der Waals surface area contributed by atoms with E-state index in [0.717, 1.165) is 0 Å². The number of hydrogen-bond acceptors (Lipinski definition) is 5. The molecule has 0 amide bonds. The first-order valence-corrected chi connectivity index (χ1v) is 7.86. The molecule has 6 nitrogen and oxygen atoms in total. The van der Waals surface area contributed by atoms with Gasteiger partial charge in [-0.25, -0.2) is 13.6 Å². The highest BCUT2D eigenvalue weighted by atomic mass is 32.2. The van der Waals surface area contributed by atoms with E-state index >= 15 is 0 Å². The first-order chi connectivity index (χ1) is 10.1. The highest BCUT2D eigenvalue weighted by Crippen LogP contribution is 2.22. The average molecular weight is 342 g/mol. The van der Waals surface area contributed by atoms with Gasteiger partial charge in [-0.3, -0.25) is 0 Å². The number of aliphatic hydroxyl groups excluding tert-OH is 1. The van der Waals surface area contributed by atoms with Gasteiger partial charge in [0, 0.05) is 13.2 Å². The minimum atomic E-state index is -4.44. The van der Waals surface area contributed by atoms with E-state index in [-0.39, 0.29) is 18.0 Å². The van der Waals surface area contributed by atoms with Crippen LogP contribution in [-0.4, -0.2) is 45.5 Å². The van der Waals surface area contributed by atoms with Crippen LogP contribution in [-0.2, 0) is 10.0 Å². The lowest BCUT2D eigenvalue weighted by atomic mass is 10.2. The molecular formula is C12H17F3N2O4S. The van der Waals surface area contributed by atoms with E-state index < -0.39 is 35.3 Å². The van der Waals surface area contributed by atoms with E-state index in [1.54, 1.807) is 0 Å².